The van der Waals surface area contributed by atoms with Crippen molar-refractivity contribution in [3.63, 3.8) is 0 Å². The second-order valence-corrected chi connectivity index (χ2v) is 11.6. The van der Waals surface area contributed by atoms with E-state index in [2.05, 4.69) is 9.97 Å². The van der Waals surface area contributed by atoms with Gasteiger partial charge in [0.1, 0.15) is 11.7 Å². The minimum absolute atomic E-state index is 0.0557. The number of hydrogen-bond donors (Lipinski definition) is 1. The Labute approximate surface area is 217 Å². The topological polar surface area (TPSA) is 113 Å². The van der Waals surface area contributed by atoms with Crippen LogP contribution in [0.5, 0.6) is 5.88 Å². The zero-order valence-electron chi connectivity index (χ0n) is 21.4. The van der Waals surface area contributed by atoms with Gasteiger partial charge in [-0.05, 0) is 49.7 Å². The fourth-order valence-electron chi connectivity index (χ4n) is 4.26. The van der Waals surface area contributed by atoms with Crippen LogP contribution in [-0.2, 0) is 10.0 Å². The lowest BCUT2D eigenvalue weighted by molar-refractivity contribution is 0.0373. The van der Waals surface area contributed by atoms with Gasteiger partial charge in [-0.2, -0.15) is 4.31 Å². The Morgan fingerprint density at radius 3 is 2.49 bits per heavy atom. The Bertz CT molecular complexity index is 1350. The molecule has 0 radical (unpaired) electrons. The number of pyridine rings is 2. The summed E-state index contributed by atoms with van der Waals surface area (Å²) < 4.78 is 34.0. The lowest BCUT2D eigenvalue weighted by Crippen LogP contribution is -2.50. The first-order valence-electron chi connectivity index (χ1n) is 12.1. The fourth-order valence-corrected chi connectivity index (χ4v) is 5.45. The highest BCUT2D eigenvalue weighted by Gasteiger charge is 2.36. The van der Waals surface area contributed by atoms with Crippen LogP contribution in [0.15, 0.2) is 66.0 Å². The molecule has 0 fully saturated rings. The predicted molar refractivity (Wildman–Crippen MR) is 140 cm³/mol. The van der Waals surface area contributed by atoms with Crippen molar-refractivity contribution in [2.45, 2.75) is 37.8 Å². The monoisotopic (exact) mass is 524 g/mol. The first-order valence-corrected chi connectivity index (χ1v) is 13.6. The van der Waals surface area contributed by atoms with E-state index in [1.54, 1.807) is 60.7 Å². The van der Waals surface area contributed by atoms with Crippen molar-refractivity contribution in [3.8, 4) is 17.0 Å². The van der Waals surface area contributed by atoms with E-state index in [4.69, 9.17) is 4.74 Å². The summed E-state index contributed by atoms with van der Waals surface area (Å²) in [5.74, 6) is -0.412. The molecular weight excluding hydrogens is 492 g/mol. The van der Waals surface area contributed by atoms with Crippen molar-refractivity contribution in [3.05, 3.63) is 72.2 Å². The van der Waals surface area contributed by atoms with E-state index in [9.17, 15) is 18.3 Å². The van der Waals surface area contributed by atoms with Crippen molar-refractivity contribution >= 4 is 15.9 Å². The largest absolute Gasteiger partial charge is 0.472 e. The second-order valence-electron chi connectivity index (χ2n) is 9.53. The third-order valence-electron chi connectivity index (χ3n) is 6.70. The highest BCUT2D eigenvalue weighted by atomic mass is 32.2. The van der Waals surface area contributed by atoms with Crippen LogP contribution in [0.2, 0.25) is 0 Å². The average molecular weight is 525 g/mol. The van der Waals surface area contributed by atoms with Gasteiger partial charge >= 0.3 is 0 Å². The van der Waals surface area contributed by atoms with Crippen LogP contribution in [0.4, 0.5) is 0 Å². The zero-order chi connectivity index (χ0) is 26.7. The van der Waals surface area contributed by atoms with Crippen molar-refractivity contribution in [2.24, 2.45) is 5.92 Å². The molecule has 1 aliphatic rings. The van der Waals surface area contributed by atoms with Crippen molar-refractivity contribution < 1.29 is 23.1 Å². The molecule has 1 amide bonds. The third-order valence-corrected chi connectivity index (χ3v) is 8.54. The Hall–Kier alpha value is -3.34. The number of aryl methyl sites for hydroxylation is 1. The molecule has 0 spiro atoms. The van der Waals surface area contributed by atoms with Gasteiger partial charge in [0.15, 0.2) is 0 Å². The molecule has 9 nitrogen and oxygen atoms in total. The quantitative estimate of drug-likeness (QED) is 0.506. The summed E-state index contributed by atoms with van der Waals surface area (Å²) in [6.45, 7) is 5.70. The number of likely N-dealkylation sites (N-methyl/N-ethyl adjacent to an activating group) is 1. The van der Waals surface area contributed by atoms with Crippen LogP contribution in [0.25, 0.3) is 11.1 Å². The van der Waals surface area contributed by atoms with E-state index >= 15 is 0 Å². The van der Waals surface area contributed by atoms with Gasteiger partial charge in [0.05, 0.1) is 24.1 Å². The number of amides is 1. The van der Waals surface area contributed by atoms with Gasteiger partial charge in [-0.15, -0.1) is 0 Å². The number of aliphatic hydroxyl groups excluding tert-OH is 1. The van der Waals surface area contributed by atoms with Gasteiger partial charge in [-0.1, -0.05) is 24.6 Å². The highest BCUT2D eigenvalue weighted by Crippen LogP contribution is 2.30. The number of aromatic nitrogens is 2. The van der Waals surface area contributed by atoms with Gasteiger partial charge in [0.25, 0.3) is 5.91 Å². The number of aliphatic hydroxyl groups is 1. The number of rotatable bonds is 7. The number of fused-ring (bicyclic) bond motifs is 1. The van der Waals surface area contributed by atoms with E-state index in [1.165, 1.54) is 11.4 Å². The number of ether oxygens (including phenoxy) is 1. The first-order chi connectivity index (χ1) is 17.6. The molecule has 4 rings (SSSR count). The molecule has 1 N–H and O–H groups in total. The van der Waals surface area contributed by atoms with E-state index < -0.39 is 22.2 Å². The minimum Gasteiger partial charge on any atom is -0.472 e. The maximum absolute atomic E-state index is 13.6. The predicted octanol–water partition coefficient (Wildman–Crippen LogP) is 2.99. The molecule has 3 aromatic rings. The zero-order valence-corrected chi connectivity index (χ0v) is 22.2. The van der Waals surface area contributed by atoms with Crippen LogP contribution >= 0.6 is 0 Å². The maximum Gasteiger partial charge on any atom is 0.259 e. The van der Waals surface area contributed by atoms with Crippen LogP contribution in [0.1, 0.15) is 29.8 Å². The van der Waals surface area contributed by atoms with Gasteiger partial charge < -0.3 is 14.7 Å². The smallest absolute Gasteiger partial charge is 0.259 e. The highest BCUT2D eigenvalue weighted by molar-refractivity contribution is 7.89. The summed E-state index contributed by atoms with van der Waals surface area (Å²) in [6.07, 6.45) is 4.35. The Morgan fingerprint density at radius 2 is 1.84 bits per heavy atom. The molecule has 0 aliphatic carbocycles. The molecule has 1 aromatic carbocycles. The van der Waals surface area contributed by atoms with Crippen molar-refractivity contribution in [1.29, 1.82) is 0 Å². The van der Waals surface area contributed by atoms with E-state index in [1.807, 2.05) is 26.0 Å². The molecule has 0 saturated heterocycles. The Kier molecular flexibility index (Phi) is 7.91. The summed E-state index contributed by atoms with van der Waals surface area (Å²) in [4.78, 5) is 23.9. The van der Waals surface area contributed by atoms with Gasteiger partial charge in [0, 0.05) is 43.7 Å². The van der Waals surface area contributed by atoms with Crippen molar-refractivity contribution in [2.75, 3.05) is 26.7 Å². The van der Waals surface area contributed by atoms with Crippen LogP contribution in [-0.4, -0.2) is 77.5 Å². The van der Waals surface area contributed by atoms with Gasteiger partial charge in [-0.3, -0.25) is 9.78 Å². The lowest BCUT2D eigenvalue weighted by Gasteiger charge is -2.37. The second kappa shape index (κ2) is 11.0. The Balaban J connectivity index is 1.70. The van der Waals surface area contributed by atoms with E-state index in [0.717, 1.165) is 16.7 Å². The molecule has 3 atom stereocenters. The van der Waals surface area contributed by atoms with E-state index in [-0.39, 0.29) is 47.9 Å². The van der Waals surface area contributed by atoms with Crippen LogP contribution < -0.4 is 4.74 Å². The minimum atomic E-state index is -3.76. The number of carbonyl (C=O) groups excluding carboxylic acids is 1. The SMILES string of the molecule is Cc1ccc(S(=O)(=O)N(C)C[C@H]2Oc3ncc(-c4ccncc4)cc3C(=O)N([C@H](C)CO)C[C@@H]2C)cc1. The number of hydrogen-bond acceptors (Lipinski definition) is 7. The molecule has 0 bridgehead atoms. The number of sulfonamides is 1. The van der Waals surface area contributed by atoms with Crippen LogP contribution in [0, 0.1) is 12.8 Å². The molecule has 0 unspecified atom stereocenters. The van der Waals surface area contributed by atoms with Gasteiger partial charge in [-0.25, -0.2) is 13.4 Å². The molecule has 1 aliphatic heterocycles. The average Bonchev–Trinajstić information content (AvgIpc) is 2.90. The molecule has 2 aromatic heterocycles. The summed E-state index contributed by atoms with van der Waals surface area (Å²) in [7, 11) is -2.24. The molecule has 3 heterocycles. The standard InChI is InChI=1S/C27H32N4O5S/c1-18-5-7-23(8-6-18)37(34,35)30(4)16-25-19(2)15-31(20(3)17-32)27(33)24-13-22(14-29-26(24)36-25)21-9-11-28-12-10-21/h5-14,19-20,25,32H,15-17H2,1-4H3/t19-,20+,25+/m0/s1. The Morgan fingerprint density at radius 1 is 1.16 bits per heavy atom. The number of carbonyl (C=O) groups is 1. The summed E-state index contributed by atoms with van der Waals surface area (Å²) >= 11 is 0. The number of nitrogens with zero attached hydrogens (tertiary/aromatic N) is 4. The third kappa shape index (κ3) is 5.66. The van der Waals surface area contributed by atoms with Crippen molar-refractivity contribution in [1.82, 2.24) is 19.2 Å². The molecule has 0 saturated carbocycles. The fraction of sp³-hybridized carbons (Fsp3) is 0.370. The molecule has 37 heavy (non-hydrogen) atoms. The first kappa shape index (κ1) is 26.7. The summed E-state index contributed by atoms with van der Waals surface area (Å²) in [5, 5.41) is 9.86. The maximum atomic E-state index is 13.6. The molecule has 10 heteroatoms. The summed E-state index contributed by atoms with van der Waals surface area (Å²) in [6, 6.07) is 11.6. The van der Waals surface area contributed by atoms with Gasteiger partial charge in [0.2, 0.25) is 15.9 Å². The molecule has 196 valence electrons. The molecular formula is C27H32N4O5S. The lowest BCUT2D eigenvalue weighted by atomic mass is 9.99. The van der Waals surface area contributed by atoms with Crippen LogP contribution in [0.3, 0.4) is 0 Å². The summed E-state index contributed by atoms with van der Waals surface area (Å²) in [5.41, 5.74) is 2.79. The number of benzene rings is 1. The normalized spacial score (nSPS) is 19.1. The van der Waals surface area contributed by atoms with E-state index in [0.29, 0.717) is 0 Å².